The van der Waals surface area contributed by atoms with Crippen LogP contribution in [0.1, 0.15) is 26.2 Å². The smallest absolute Gasteiger partial charge is 0.391 e. The summed E-state index contributed by atoms with van der Waals surface area (Å²) in [7, 11) is 0. The number of halogens is 3. The van der Waals surface area contributed by atoms with Gasteiger partial charge in [0.2, 0.25) is 0 Å². The minimum absolute atomic E-state index is 0.601. The molecule has 1 aliphatic rings. The molecule has 0 amide bonds. The maximum Gasteiger partial charge on any atom is 0.391 e. The minimum Gasteiger partial charge on any atom is -0.391 e. The zero-order valence-electron chi connectivity index (χ0n) is 7.49. The summed E-state index contributed by atoms with van der Waals surface area (Å²) in [6.07, 6.45) is -5.33. The molecule has 78 valence electrons. The van der Waals surface area contributed by atoms with E-state index in [9.17, 15) is 18.3 Å². The van der Waals surface area contributed by atoms with Crippen molar-refractivity contribution in [1.29, 1.82) is 0 Å². The number of nitrogens with one attached hydrogen (secondary N) is 1. The highest BCUT2D eigenvalue weighted by Gasteiger charge is 2.42. The summed E-state index contributed by atoms with van der Waals surface area (Å²) in [6, 6.07) is 0. The van der Waals surface area contributed by atoms with Gasteiger partial charge in [0.15, 0.2) is 0 Å². The number of alkyl halides is 3. The van der Waals surface area contributed by atoms with Crippen molar-refractivity contribution < 1.29 is 18.3 Å². The van der Waals surface area contributed by atoms with E-state index in [1.807, 2.05) is 0 Å². The van der Waals surface area contributed by atoms with E-state index in [2.05, 4.69) is 5.32 Å². The molecule has 0 bridgehead atoms. The van der Waals surface area contributed by atoms with Gasteiger partial charge in [-0.1, -0.05) is 0 Å². The van der Waals surface area contributed by atoms with E-state index in [0.29, 0.717) is 13.0 Å². The Morgan fingerprint density at radius 2 is 2.15 bits per heavy atom. The summed E-state index contributed by atoms with van der Waals surface area (Å²) in [6.45, 7) is 2.32. The van der Waals surface area contributed by atoms with Gasteiger partial charge in [-0.3, -0.25) is 0 Å². The van der Waals surface area contributed by atoms with Crippen molar-refractivity contribution in [2.75, 3.05) is 6.54 Å². The fraction of sp³-hybridized carbons (Fsp3) is 1.00. The minimum atomic E-state index is -4.29. The van der Waals surface area contributed by atoms with Crippen LogP contribution in [0, 0.1) is 0 Å². The monoisotopic (exact) mass is 197 g/mol. The number of aliphatic hydroxyl groups excluding tert-OH is 1. The molecule has 1 rings (SSSR count). The molecular formula is C8H14F3NO. The second kappa shape index (κ2) is 3.46. The zero-order chi connectivity index (χ0) is 10.1. The second-order valence-corrected chi connectivity index (χ2v) is 3.78. The van der Waals surface area contributed by atoms with Crippen molar-refractivity contribution in [3.8, 4) is 0 Å². The SMILES string of the molecule is C[C@@]1([C@H](O)CC(F)(F)F)CCCN1. The number of hydrogen-bond acceptors (Lipinski definition) is 2. The highest BCUT2D eigenvalue weighted by atomic mass is 19.4. The van der Waals surface area contributed by atoms with Crippen molar-refractivity contribution in [3.63, 3.8) is 0 Å². The first kappa shape index (κ1) is 10.8. The van der Waals surface area contributed by atoms with Gasteiger partial charge >= 0.3 is 6.18 Å². The lowest BCUT2D eigenvalue weighted by Crippen LogP contribution is -2.49. The number of rotatable bonds is 2. The van der Waals surface area contributed by atoms with Crippen LogP contribution in [0.2, 0.25) is 0 Å². The Hall–Kier alpha value is -0.290. The topological polar surface area (TPSA) is 32.3 Å². The van der Waals surface area contributed by atoms with E-state index in [1.54, 1.807) is 6.92 Å². The first-order valence-corrected chi connectivity index (χ1v) is 4.33. The Kier molecular flexibility index (Phi) is 2.87. The predicted octanol–water partition coefficient (Wildman–Crippen LogP) is 1.44. The molecule has 0 aromatic rings. The van der Waals surface area contributed by atoms with Crippen molar-refractivity contribution in [2.45, 2.75) is 44.0 Å². The second-order valence-electron chi connectivity index (χ2n) is 3.78. The summed E-state index contributed by atoms with van der Waals surface area (Å²) in [5.74, 6) is 0. The van der Waals surface area contributed by atoms with Crippen LogP contribution in [0.25, 0.3) is 0 Å². The van der Waals surface area contributed by atoms with Crippen molar-refractivity contribution in [3.05, 3.63) is 0 Å². The first-order chi connectivity index (χ1) is 5.83. The van der Waals surface area contributed by atoms with Crippen LogP contribution in [0.15, 0.2) is 0 Å². The average molecular weight is 197 g/mol. The Morgan fingerprint density at radius 1 is 1.54 bits per heavy atom. The molecule has 0 aliphatic carbocycles. The van der Waals surface area contributed by atoms with Crippen LogP contribution in [0.5, 0.6) is 0 Å². The molecule has 2 nitrogen and oxygen atoms in total. The normalized spacial score (nSPS) is 32.1. The summed E-state index contributed by atoms with van der Waals surface area (Å²) < 4.78 is 35.8. The Labute approximate surface area is 75.1 Å². The molecule has 5 heteroatoms. The molecule has 2 N–H and O–H groups in total. The summed E-state index contributed by atoms with van der Waals surface area (Å²) in [5.41, 5.74) is -0.754. The predicted molar refractivity (Wildman–Crippen MR) is 42.3 cm³/mol. The standard InChI is InChI=1S/C8H14F3NO/c1-7(3-2-4-12-7)6(13)5-8(9,10)11/h6,12-13H,2-5H2,1H3/t6-,7+/m1/s1. The highest BCUT2D eigenvalue weighted by molar-refractivity contribution is 4.95. The van der Waals surface area contributed by atoms with Crippen molar-refractivity contribution in [2.24, 2.45) is 0 Å². The van der Waals surface area contributed by atoms with Crippen LogP contribution in [-0.2, 0) is 0 Å². The summed E-state index contributed by atoms with van der Waals surface area (Å²) in [5, 5.41) is 12.3. The van der Waals surface area contributed by atoms with Crippen LogP contribution < -0.4 is 5.32 Å². The largest absolute Gasteiger partial charge is 0.391 e. The molecule has 0 aromatic carbocycles. The van der Waals surface area contributed by atoms with Crippen LogP contribution >= 0.6 is 0 Å². The van der Waals surface area contributed by atoms with Crippen LogP contribution in [0.3, 0.4) is 0 Å². The van der Waals surface area contributed by atoms with Crippen molar-refractivity contribution >= 4 is 0 Å². The van der Waals surface area contributed by atoms with Gasteiger partial charge in [0.25, 0.3) is 0 Å². The number of aliphatic hydroxyl groups is 1. The van der Waals surface area contributed by atoms with Gasteiger partial charge in [-0.2, -0.15) is 13.2 Å². The summed E-state index contributed by atoms with van der Waals surface area (Å²) in [4.78, 5) is 0. The fourth-order valence-electron chi connectivity index (χ4n) is 1.65. The van der Waals surface area contributed by atoms with Gasteiger partial charge < -0.3 is 10.4 Å². The Bertz CT molecular complexity index is 175. The third kappa shape index (κ3) is 2.84. The quantitative estimate of drug-likeness (QED) is 0.702. The molecule has 13 heavy (non-hydrogen) atoms. The summed E-state index contributed by atoms with van der Waals surface area (Å²) >= 11 is 0. The maximum atomic E-state index is 11.9. The fourth-order valence-corrected chi connectivity index (χ4v) is 1.65. The van der Waals surface area contributed by atoms with Crippen LogP contribution in [0.4, 0.5) is 13.2 Å². The van der Waals surface area contributed by atoms with E-state index in [-0.39, 0.29) is 0 Å². The molecule has 0 radical (unpaired) electrons. The molecule has 0 spiro atoms. The van der Waals surface area contributed by atoms with Gasteiger partial charge in [-0.15, -0.1) is 0 Å². The van der Waals surface area contributed by atoms with Crippen molar-refractivity contribution in [1.82, 2.24) is 5.32 Å². The van der Waals surface area contributed by atoms with Crippen LogP contribution in [-0.4, -0.2) is 29.5 Å². The van der Waals surface area contributed by atoms with E-state index in [1.165, 1.54) is 0 Å². The van der Waals surface area contributed by atoms with Gasteiger partial charge in [-0.05, 0) is 26.3 Å². The zero-order valence-corrected chi connectivity index (χ0v) is 7.49. The van der Waals surface area contributed by atoms with E-state index in [0.717, 1.165) is 6.42 Å². The van der Waals surface area contributed by atoms with Gasteiger partial charge in [-0.25, -0.2) is 0 Å². The van der Waals surface area contributed by atoms with E-state index >= 15 is 0 Å². The third-order valence-corrected chi connectivity index (χ3v) is 2.56. The molecule has 0 saturated carbocycles. The molecular weight excluding hydrogens is 183 g/mol. The number of hydrogen-bond donors (Lipinski definition) is 2. The van der Waals surface area contributed by atoms with E-state index < -0.39 is 24.2 Å². The lowest BCUT2D eigenvalue weighted by atomic mass is 9.91. The Balaban J connectivity index is 2.51. The molecule has 0 unspecified atom stereocenters. The van der Waals surface area contributed by atoms with Gasteiger partial charge in [0.05, 0.1) is 12.5 Å². The lowest BCUT2D eigenvalue weighted by Gasteiger charge is -2.30. The maximum absolute atomic E-state index is 11.9. The molecule has 1 heterocycles. The molecule has 1 saturated heterocycles. The highest BCUT2D eigenvalue weighted by Crippen LogP contribution is 2.30. The molecule has 1 fully saturated rings. The third-order valence-electron chi connectivity index (χ3n) is 2.56. The van der Waals surface area contributed by atoms with Gasteiger partial charge in [0, 0.05) is 5.54 Å². The van der Waals surface area contributed by atoms with E-state index in [4.69, 9.17) is 0 Å². The average Bonchev–Trinajstić information content (AvgIpc) is 2.33. The first-order valence-electron chi connectivity index (χ1n) is 4.33. The lowest BCUT2D eigenvalue weighted by molar-refractivity contribution is -0.161. The molecule has 1 aliphatic heterocycles. The van der Waals surface area contributed by atoms with Gasteiger partial charge in [0.1, 0.15) is 0 Å². The molecule has 0 aromatic heterocycles. The molecule has 2 atom stereocenters. The Morgan fingerprint density at radius 3 is 2.54 bits per heavy atom.